The predicted molar refractivity (Wildman–Crippen MR) is 93.4 cm³/mol. The van der Waals surface area contributed by atoms with Gasteiger partial charge in [-0.15, -0.1) is 0 Å². The van der Waals surface area contributed by atoms with Crippen LogP contribution < -0.4 is 14.2 Å². The molecule has 2 aliphatic rings. The first-order valence-corrected chi connectivity index (χ1v) is 8.71. The summed E-state index contributed by atoms with van der Waals surface area (Å²) in [6.07, 6.45) is 1.77. The van der Waals surface area contributed by atoms with Gasteiger partial charge in [0.15, 0.2) is 23.1 Å². The fourth-order valence-corrected chi connectivity index (χ4v) is 3.59. The summed E-state index contributed by atoms with van der Waals surface area (Å²) in [5.41, 5.74) is 1.34. The molecule has 26 heavy (non-hydrogen) atoms. The first-order valence-electron chi connectivity index (χ1n) is 8.71. The highest BCUT2D eigenvalue weighted by Crippen LogP contribution is 2.38. The number of benzene rings is 2. The van der Waals surface area contributed by atoms with Crippen LogP contribution in [0, 0.1) is 5.82 Å². The Balaban J connectivity index is 1.60. The number of amides is 1. The first-order chi connectivity index (χ1) is 12.7. The number of halogens is 1. The second-order valence-electron chi connectivity index (χ2n) is 6.41. The molecule has 2 heterocycles. The number of hydrogen-bond donors (Lipinski definition) is 0. The zero-order valence-electron chi connectivity index (χ0n) is 14.5. The van der Waals surface area contributed by atoms with Crippen molar-refractivity contribution in [3.63, 3.8) is 0 Å². The van der Waals surface area contributed by atoms with E-state index in [0.717, 1.165) is 24.2 Å². The third kappa shape index (κ3) is 2.96. The van der Waals surface area contributed by atoms with Crippen LogP contribution in [0.4, 0.5) is 4.39 Å². The molecular formula is C20H20FNO4. The van der Waals surface area contributed by atoms with Crippen molar-refractivity contribution in [3.8, 4) is 17.2 Å². The van der Waals surface area contributed by atoms with Gasteiger partial charge in [0, 0.05) is 12.1 Å². The molecule has 0 aliphatic carbocycles. The van der Waals surface area contributed by atoms with Crippen molar-refractivity contribution in [2.75, 3.05) is 26.9 Å². The monoisotopic (exact) mass is 357 g/mol. The van der Waals surface area contributed by atoms with Crippen LogP contribution in [-0.4, -0.2) is 37.7 Å². The van der Waals surface area contributed by atoms with Crippen molar-refractivity contribution < 1.29 is 23.4 Å². The van der Waals surface area contributed by atoms with Crippen molar-refractivity contribution in [1.29, 1.82) is 0 Å². The SMILES string of the molecule is COc1ccc(C(=O)N2CCCC2c2ccc3c(c2)OCCO3)cc1F. The fourth-order valence-electron chi connectivity index (χ4n) is 3.59. The summed E-state index contributed by atoms with van der Waals surface area (Å²) in [7, 11) is 1.40. The standard InChI is InChI=1S/C20H20FNO4/c1-24-17-6-5-14(11-15(17)21)20(23)22-8-2-3-16(22)13-4-7-18-19(12-13)26-10-9-25-18/h4-7,11-12,16H,2-3,8-10H2,1H3. The van der Waals surface area contributed by atoms with E-state index in [-0.39, 0.29) is 17.7 Å². The molecule has 0 aromatic heterocycles. The largest absolute Gasteiger partial charge is 0.494 e. The normalized spacial score (nSPS) is 18.7. The summed E-state index contributed by atoms with van der Waals surface area (Å²) in [4.78, 5) is 14.7. The van der Waals surface area contributed by atoms with Crippen LogP contribution in [0.3, 0.4) is 0 Å². The molecule has 0 saturated carbocycles. The molecule has 4 rings (SSSR count). The molecule has 1 fully saturated rings. The number of carbonyl (C=O) groups is 1. The summed E-state index contributed by atoms with van der Waals surface area (Å²) in [6, 6.07) is 10.1. The predicted octanol–water partition coefficient (Wildman–Crippen LogP) is 3.58. The van der Waals surface area contributed by atoms with Crippen LogP contribution in [0.25, 0.3) is 0 Å². The maximum absolute atomic E-state index is 14.0. The van der Waals surface area contributed by atoms with E-state index < -0.39 is 5.82 Å². The Hall–Kier alpha value is -2.76. The summed E-state index contributed by atoms with van der Waals surface area (Å²) in [5.74, 6) is 0.861. The molecule has 2 aromatic carbocycles. The first kappa shape index (κ1) is 16.7. The lowest BCUT2D eigenvalue weighted by Crippen LogP contribution is -2.30. The molecule has 1 amide bonds. The molecular weight excluding hydrogens is 337 g/mol. The van der Waals surface area contributed by atoms with Crippen LogP contribution in [0.2, 0.25) is 0 Å². The smallest absolute Gasteiger partial charge is 0.254 e. The van der Waals surface area contributed by atoms with E-state index in [1.807, 2.05) is 18.2 Å². The highest BCUT2D eigenvalue weighted by atomic mass is 19.1. The minimum absolute atomic E-state index is 0.0523. The molecule has 2 aliphatic heterocycles. The lowest BCUT2D eigenvalue weighted by Gasteiger charge is -2.27. The zero-order valence-corrected chi connectivity index (χ0v) is 14.5. The van der Waals surface area contributed by atoms with Crippen molar-refractivity contribution >= 4 is 5.91 Å². The van der Waals surface area contributed by atoms with E-state index in [1.54, 1.807) is 11.0 Å². The van der Waals surface area contributed by atoms with Crippen LogP contribution in [0.1, 0.15) is 34.8 Å². The number of likely N-dealkylation sites (tertiary alicyclic amines) is 1. The number of ether oxygens (including phenoxy) is 3. The van der Waals surface area contributed by atoms with Crippen LogP contribution in [0.5, 0.6) is 17.2 Å². The molecule has 6 heteroatoms. The number of hydrogen-bond acceptors (Lipinski definition) is 4. The van der Waals surface area contributed by atoms with Gasteiger partial charge in [-0.2, -0.15) is 0 Å². The third-order valence-electron chi connectivity index (χ3n) is 4.86. The molecule has 136 valence electrons. The summed E-state index contributed by atoms with van der Waals surface area (Å²) >= 11 is 0. The Kier molecular flexibility index (Phi) is 4.41. The van der Waals surface area contributed by atoms with E-state index in [0.29, 0.717) is 31.1 Å². The highest BCUT2D eigenvalue weighted by Gasteiger charge is 2.31. The van der Waals surface area contributed by atoms with E-state index in [4.69, 9.17) is 14.2 Å². The highest BCUT2D eigenvalue weighted by molar-refractivity contribution is 5.94. The van der Waals surface area contributed by atoms with Crippen LogP contribution >= 0.6 is 0 Å². The minimum Gasteiger partial charge on any atom is -0.494 e. The van der Waals surface area contributed by atoms with Crippen molar-refractivity contribution in [2.24, 2.45) is 0 Å². The molecule has 0 N–H and O–H groups in total. The third-order valence-corrected chi connectivity index (χ3v) is 4.86. The number of nitrogens with zero attached hydrogens (tertiary/aromatic N) is 1. The molecule has 5 nitrogen and oxygen atoms in total. The van der Waals surface area contributed by atoms with Gasteiger partial charge in [-0.25, -0.2) is 4.39 Å². The molecule has 0 spiro atoms. The van der Waals surface area contributed by atoms with E-state index in [1.165, 1.54) is 19.2 Å². The van der Waals surface area contributed by atoms with Crippen molar-refractivity contribution in [1.82, 2.24) is 4.90 Å². The van der Waals surface area contributed by atoms with Crippen molar-refractivity contribution in [2.45, 2.75) is 18.9 Å². The van der Waals surface area contributed by atoms with Gasteiger partial charge >= 0.3 is 0 Å². The molecule has 0 bridgehead atoms. The lowest BCUT2D eigenvalue weighted by molar-refractivity contribution is 0.0734. The number of carbonyl (C=O) groups excluding carboxylic acids is 1. The Morgan fingerprint density at radius 3 is 2.73 bits per heavy atom. The average Bonchev–Trinajstić information content (AvgIpc) is 3.16. The van der Waals surface area contributed by atoms with E-state index in [2.05, 4.69) is 0 Å². The van der Waals surface area contributed by atoms with Gasteiger partial charge in [0.05, 0.1) is 13.2 Å². The van der Waals surface area contributed by atoms with E-state index in [9.17, 15) is 9.18 Å². The fraction of sp³-hybridized carbons (Fsp3) is 0.350. The van der Waals surface area contributed by atoms with Gasteiger partial charge in [0.2, 0.25) is 0 Å². The number of rotatable bonds is 3. The topological polar surface area (TPSA) is 48.0 Å². The zero-order chi connectivity index (χ0) is 18.1. The van der Waals surface area contributed by atoms with Gasteiger partial charge in [-0.3, -0.25) is 4.79 Å². The van der Waals surface area contributed by atoms with Gasteiger partial charge in [-0.1, -0.05) is 6.07 Å². The quantitative estimate of drug-likeness (QED) is 0.842. The molecule has 0 radical (unpaired) electrons. The second kappa shape index (κ2) is 6.86. The van der Waals surface area contributed by atoms with Gasteiger partial charge in [0.25, 0.3) is 5.91 Å². The minimum atomic E-state index is -0.534. The average molecular weight is 357 g/mol. The second-order valence-corrected chi connectivity index (χ2v) is 6.41. The van der Waals surface area contributed by atoms with Gasteiger partial charge < -0.3 is 19.1 Å². The maximum Gasteiger partial charge on any atom is 0.254 e. The Labute approximate surface area is 151 Å². The summed E-state index contributed by atoms with van der Waals surface area (Å²) in [6.45, 7) is 1.71. The number of fused-ring (bicyclic) bond motifs is 1. The molecule has 2 aromatic rings. The van der Waals surface area contributed by atoms with Gasteiger partial charge in [-0.05, 0) is 48.7 Å². The van der Waals surface area contributed by atoms with Crippen molar-refractivity contribution in [3.05, 3.63) is 53.3 Å². The van der Waals surface area contributed by atoms with Gasteiger partial charge in [0.1, 0.15) is 13.2 Å². The lowest BCUT2D eigenvalue weighted by atomic mass is 10.0. The molecule has 1 unspecified atom stereocenters. The summed E-state index contributed by atoms with van der Waals surface area (Å²) < 4.78 is 30.1. The molecule has 1 saturated heterocycles. The molecule has 1 atom stereocenters. The Morgan fingerprint density at radius 1 is 1.15 bits per heavy atom. The van der Waals surface area contributed by atoms with Crippen LogP contribution in [-0.2, 0) is 0 Å². The van der Waals surface area contributed by atoms with Crippen LogP contribution in [0.15, 0.2) is 36.4 Å². The maximum atomic E-state index is 14.0. The Bertz CT molecular complexity index is 839. The summed E-state index contributed by atoms with van der Waals surface area (Å²) in [5, 5.41) is 0. The number of methoxy groups -OCH3 is 1. The Morgan fingerprint density at radius 2 is 1.96 bits per heavy atom. The van der Waals surface area contributed by atoms with E-state index >= 15 is 0 Å².